The van der Waals surface area contributed by atoms with Gasteiger partial charge in [0.15, 0.2) is 0 Å². The predicted octanol–water partition coefficient (Wildman–Crippen LogP) is 2.46. The zero-order valence-corrected chi connectivity index (χ0v) is 10.3. The molecule has 1 N–H and O–H groups in total. The normalized spacial score (nSPS) is 10.5. The summed E-state index contributed by atoms with van der Waals surface area (Å²) < 4.78 is 1.90. The lowest BCUT2D eigenvalue weighted by Crippen LogP contribution is -2.06. The zero-order valence-electron chi connectivity index (χ0n) is 10.3. The maximum atomic E-state index is 4.54. The second-order valence-corrected chi connectivity index (χ2v) is 4.16. The summed E-state index contributed by atoms with van der Waals surface area (Å²) in [6.07, 6.45) is 4.98. The third-order valence-corrected chi connectivity index (χ3v) is 2.45. The number of pyridine rings is 1. The quantitative estimate of drug-likeness (QED) is 0.858. The Bertz CT molecular complexity index is 476. The Morgan fingerprint density at radius 3 is 2.94 bits per heavy atom. The summed E-state index contributed by atoms with van der Waals surface area (Å²) >= 11 is 0. The highest BCUT2D eigenvalue weighted by molar-refractivity contribution is 5.35. The first-order chi connectivity index (χ1) is 8.28. The number of hydrogen-bond donors (Lipinski definition) is 1. The molecule has 0 radical (unpaired) electrons. The van der Waals surface area contributed by atoms with Gasteiger partial charge in [-0.15, -0.1) is 0 Å². The molecule has 2 aromatic rings. The molecule has 90 valence electrons. The fourth-order valence-electron chi connectivity index (χ4n) is 1.64. The van der Waals surface area contributed by atoms with Crippen LogP contribution in [0.2, 0.25) is 0 Å². The number of nitrogens with zero attached hydrogens (tertiary/aromatic N) is 3. The molecule has 2 aromatic heterocycles. The molecule has 4 nitrogen and oxygen atoms in total. The maximum Gasteiger partial charge on any atom is 0.126 e. The minimum atomic E-state index is 0.718. The Morgan fingerprint density at radius 1 is 1.35 bits per heavy atom. The maximum absolute atomic E-state index is 4.54. The highest BCUT2D eigenvalue weighted by Gasteiger charge is 1.99. The molecule has 0 fully saturated rings. The summed E-state index contributed by atoms with van der Waals surface area (Å²) in [6.45, 7) is 5.85. The van der Waals surface area contributed by atoms with E-state index in [1.54, 1.807) is 0 Å². The first-order valence-electron chi connectivity index (χ1n) is 5.97. The van der Waals surface area contributed by atoms with Gasteiger partial charge in [-0.3, -0.25) is 4.68 Å². The van der Waals surface area contributed by atoms with Crippen molar-refractivity contribution in [2.45, 2.75) is 26.8 Å². The Kier molecular flexibility index (Phi) is 3.75. The van der Waals surface area contributed by atoms with E-state index in [0.29, 0.717) is 0 Å². The van der Waals surface area contributed by atoms with Crippen LogP contribution in [0, 0.1) is 6.92 Å². The van der Waals surface area contributed by atoms with Crippen molar-refractivity contribution in [2.24, 2.45) is 0 Å². The fraction of sp³-hybridized carbons (Fsp3) is 0.385. The summed E-state index contributed by atoms with van der Waals surface area (Å²) in [4.78, 5) is 4.54. The molecule has 0 bridgehead atoms. The van der Waals surface area contributed by atoms with Gasteiger partial charge in [0.05, 0.1) is 18.4 Å². The average Bonchev–Trinajstić information content (AvgIpc) is 2.73. The number of anilines is 1. The predicted molar refractivity (Wildman–Crippen MR) is 69.1 cm³/mol. The molecule has 2 heterocycles. The van der Waals surface area contributed by atoms with E-state index in [1.807, 2.05) is 42.2 Å². The van der Waals surface area contributed by atoms with Crippen LogP contribution in [0.25, 0.3) is 0 Å². The van der Waals surface area contributed by atoms with Gasteiger partial charge in [-0.1, -0.05) is 13.0 Å². The minimum Gasteiger partial charge on any atom is -0.370 e. The van der Waals surface area contributed by atoms with Gasteiger partial charge in [0.1, 0.15) is 5.82 Å². The van der Waals surface area contributed by atoms with Crippen LogP contribution < -0.4 is 5.32 Å². The molecule has 17 heavy (non-hydrogen) atoms. The molecule has 0 unspecified atom stereocenters. The van der Waals surface area contributed by atoms with Crippen LogP contribution in [0.5, 0.6) is 0 Å². The molecule has 0 aliphatic rings. The van der Waals surface area contributed by atoms with Gasteiger partial charge >= 0.3 is 0 Å². The van der Waals surface area contributed by atoms with Crippen LogP contribution in [0.1, 0.15) is 24.6 Å². The van der Waals surface area contributed by atoms with E-state index < -0.39 is 0 Å². The summed E-state index contributed by atoms with van der Waals surface area (Å²) in [5, 5.41) is 7.54. The second-order valence-electron chi connectivity index (χ2n) is 4.16. The van der Waals surface area contributed by atoms with Crippen molar-refractivity contribution in [2.75, 3.05) is 11.9 Å². The summed E-state index contributed by atoms with van der Waals surface area (Å²) in [7, 11) is 0. The van der Waals surface area contributed by atoms with Crippen LogP contribution >= 0.6 is 0 Å². The number of rotatable bonds is 5. The molecular weight excluding hydrogens is 212 g/mol. The van der Waals surface area contributed by atoms with Crippen LogP contribution in [0.3, 0.4) is 0 Å². The average molecular weight is 230 g/mol. The number of hydrogen-bond acceptors (Lipinski definition) is 3. The van der Waals surface area contributed by atoms with Crippen LogP contribution in [-0.4, -0.2) is 21.3 Å². The first kappa shape index (κ1) is 11.6. The summed E-state index contributed by atoms with van der Waals surface area (Å²) in [5.41, 5.74) is 2.19. The molecule has 0 saturated heterocycles. The van der Waals surface area contributed by atoms with Crippen LogP contribution in [-0.2, 0) is 6.54 Å². The molecule has 0 atom stereocenters. The van der Waals surface area contributed by atoms with E-state index in [-0.39, 0.29) is 0 Å². The molecule has 0 aliphatic carbocycles. The first-order valence-corrected chi connectivity index (χ1v) is 5.97. The SMILES string of the molecule is CCCNc1cccc(Cn2cc(C)cn2)n1. The molecule has 0 aromatic carbocycles. The van der Waals surface area contributed by atoms with E-state index in [2.05, 4.69) is 22.3 Å². The topological polar surface area (TPSA) is 42.7 Å². The lowest BCUT2D eigenvalue weighted by atomic mass is 10.3. The van der Waals surface area contributed by atoms with Crippen molar-refractivity contribution in [3.8, 4) is 0 Å². The van der Waals surface area contributed by atoms with Gasteiger partial charge in [0.2, 0.25) is 0 Å². The van der Waals surface area contributed by atoms with Crippen molar-refractivity contribution in [1.82, 2.24) is 14.8 Å². The standard InChI is InChI=1S/C13H18N4/c1-3-7-14-13-6-4-5-12(16-13)10-17-9-11(2)8-15-17/h4-6,8-9H,3,7,10H2,1-2H3,(H,14,16). The highest BCUT2D eigenvalue weighted by atomic mass is 15.3. The van der Waals surface area contributed by atoms with E-state index in [0.717, 1.165) is 31.0 Å². The van der Waals surface area contributed by atoms with Crippen molar-refractivity contribution in [1.29, 1.82) is 0 Å². The Morgan fingerprint density at radius 2 is 2.24 bits per heavy atom. The van der Waals surface area contributed by atoms with Crippen LogP contribution in [0.15, 0.2) is 30.6 Å². The lowest BCUT2D eigenvalue weighted by molar-refractivity contribution is 0.672. The largest absolute Gasteiger partial charge is 0.370 e. The van der Waals surface area contributed by atoms with Crippen molar-refractivity contribution >= 4 is 5.82 Å². The molecule has 0 saturated carbocycles. The lowest BCUT2D eigenvalue weighted by Gasteiger charge is -2.06. The third-order valence-electron chi connectivity index (χ3n) is 2.45. The van der Waals surface area contributed by atoms with Gasteiger partial charge in [-0.2, -0.15) is 5.10 Å². The van der Waals surface area contributed by atoms with Gasteiger partial charge in [-0.05, 0) is 31.0 Å². The molecule has 0 spiro atoms. The fourth-order valence-corrected chi connectivity index (χ4v) is 1.64. The van der Waals surface area contributed by atoms with E-state index in [1.165, 1.54) is 5.56 Å². The van der Waals surface area contributed by atoms with E-state index in [9.17, 15) is 0 Å². The van der Waals surface area contributed by atoms with Crippen molar-refractivity contribution < 1.29 is 0 Å². The Balaban J connectivity index is 2.05. The molecule has 4 heteroatoms. The second kappa shape index (κ2) is 5.48. The van der Waals surface area contributed by atoms with Gasteiger partial charge in [0.25, 0.3) is 0 Å². The third kappa shape index (κ3) is 3.31. The number of aryl methyl sites for hydroxylation is 1. The van der Waals surface area contributed by atoms with Crippen LogP contribution in [0.4, 0.5) is 5.82 Å². The highest BCUT2D eigenvalue weighted by Crippen LogP contribution is 2.06. The van der Waals surface area contributed by atoms with E-state index >= 15 is 0 Å². The van der Waals surface area contributed by atoms with Gasteiger partial charge < -0.3 is 5.32 Å². The summed E-state index contributed by atoms with van der Waals surface area (Å²) in [5.74, 6) is 0.938. The van der Waals surface area contributed by atoms with Gasteiger partial charge in [0, 0.05) is 12.7 Å². The monoisotopic (exact) mass is 230 g/mol. The summed E-state index contributed by atoms with van der Waals surface area (Å²) in [6, 6.07) is 6.04. The minimum absolute atomic E-state index is 0.718. The molecule has 2 rings (SSSR count). The zero-order chi connectivity index (χ0) is 12.1. The van der Waals surface area contributed by atoms with Crippen molar-refractivity contribution in [3.63, 3.8) is 0 Å². The number of nitrogens with one attached hydrogen (secondary N) is 1. The number of aromatic nitrogens is 3. The van der Waals surface area contributed by atoms with Gasteiger partial charge in [-0.25, -0.2) is 4.98 Å². The Labute approximate surface area is 102 Å². The smallest absolute Gasteiger partial charge is 0.126 e. The molecular formula is C13H18N4. The Hall–Kier alpha value is -1.84. The van der Waals surface area contributed by atoms with Crippen molar-refractivity contribution in [3.05, 3.63) is 41.9 Å². The molecule has 0 amide bonds. The molecule has 0 aliphatic heterocycles. The van der Waals surface area contributed by atoms with E-state index in [4.69, 9.17) is 0 Å².